The van der Waals surface area contributed by atoms with Crippen LogP contribution in [-0.2, 0) is 5.41 Å². The van der Waals surface area contributed by atoms with E-state index in [1.165, 1.54) is 48.8 Å². The third kappa shape index (κ3) is 6.07. The normalized spacial score (nSPS) is 14.2. The van der Waals surface area contributed by atoms with Crippen LogP contribution in [0, 0.1) is 0 Å². The van der Waals surface area contributed by atoms with Gasteiger partial charge in [-0.1, -0.05) is 84.9 Å². The molecule has 0 fully saturated rings. The third-order valence-electron chi connectivity index (χ3n) is 11.9. The van der Waals surface area contributed by atoms with Crippen molar-refractivity contribution in [2.45, 2.75) is 5.41 Å². The molecular weight excluding hydrogens is 821 g/mol. The quantitative estimate of drug-likeness (QED) is 0.0823. The Kier molecular flexibility index (Phi) is 8.96. The zero-order valence-corrected chi connectivity index (χ0v) is 33.9. The van der Waals surface area contributed by atoms with E-state index in [1.54, 1.807) is 60.7 Å². The Hall–Kier alpha value is -9.16. The Morgan fingerprint density at radius 3 is 1.18 bits per heavy atom. The molecule has 0 saturated heterocycles. The van der Waals surface area contributed by atoms with Gasteiger partial charge in [-0.05, 0) is 118 Å². The van der Waals surface area contributed by atoms with Crippen molar-refractivity contribution in [1.29, 1.82) is 0 Å². The highest BCUT2D eigenvalue weighted by Crippen LogP contribution is 2.56. The lowest BCUT2D eigenvalue weighted by atomic mass is 9.68. The lowest BCUT2D eigenvalue weighted by molar-refractivity contribution is 0.0725. The molecule has 2 aliphatic heterocycles. The van der Waals surface area contributed by atoms with Gasteiger partial charge < -0.3 is 9.47 Å². The zero-order valence-electron chi connectivity index (χ0n) is 33.9. The summed E-state index contributed by atoms with van der Waals surface area (Å²) in [4.78, 5) is 90.2. The number of anilines is 2. The number of rotatable bonds is 8. The van der Waals surface area contributed by atoms with Gasteiger partial charge in [-0.3, -0.25) is 19.2 Å². The van der Waals surface area contributed by atoms with Crippen LogP contribution in [0.15, 0.2) is 182 Å². The number of nitrogens with zero attached hydrogens (tertiary/aromatic N) is 4. The Labute approximate surface area is 370 Å². The Balaban J connectivity index is 0.879. The van der Waals surface area contributed by atoms with Gasteiger partial charge >= 0.3 is 11.9 Å². The number of amides is 4. The molecule has 0 bridgehead atoms. The Bertz CT molecular complexity index is 3110. The number of esters is 2. The summed E-state index contributed by atoms with van der Waals surface area (Å²) in [5, 5.41) is 0. The molecule has 0 radical (unpaired) electrons. The molecule has 0 unspecified atom stereocenters. The van der Waals surface area contributed by atoms with E-state index in [2.05, 4.69) is 34.2 Å². The first-order chi connectivity index (χ1) is 31.7. The summed E-state index contributed by atoms with van der Waals surface area (Å²) in [5.74, 6) is -2.74. The predicted molar refractivity (Wildman–Crippen MR) is 237 cm³/mol. The fraction of sp³-hybridized carbons (Fsp3) is 0.0189. The predicted octanol–water partition coefficient (Wildman–Crippen LogP) is 8.88. The molecule has 12 heteroatoms. The van der Waals surface area contributed by atoms with Crippen molar-refractivity contribution in [1.82, 2.24) is 9.97 Å². The van der Waals surface area contributed by atoms with Crippen molar-refractivity contribution in [3.8, 4) is 22.6 Å². The van der Waals surface area contributed by atoms with Crippen molar-refractivity contribution in [2.24, 2.45) is 0 Å². The number of carbonyl (C=O) groups is 6. The number of aromatic nitrogens is 2. The lowest BCUT2D eigenvalue weighted by Crippen LogP contribution is -2.30. The van der Waals surface area contributed by atoms with Gasteiger partial charge in [-0.15, -0.1) is 0 Å². The van der Waals surface area contributed by atoms with Crippen molar-refractivity contribution in [2.75, 3.05) is 9.80 Å². The Morgan fingerprint density at radius 2 is 0.785 bits per heavy atom. The number of pyridine rings is 2. The molecule has 3 aliphatic rings. The van der Waals surface area contributed by atoms with Crippen LogP contribution in [0.5, 0.6) is 11.5 Å². The van der Waals surface area contributed by atoms with E-state index >= 15 is 0 Å². The van der Waals surface area contributed by atoms with Crippen molar-refractivity contribution in [3.63, 3.8) is 0 Å². The van der Waals surface area contributed by atoms with E-state index < -0.39 is 41.0 Å². The number of carbonyl (C=O) groups excluding carboxylic acids is 6. The summed E-state index contributed by atoms with van der Waals surface area (Å²) >= 11 is 0. The summed E-state index contributed by atoms with van der Waals surface area (Å²) in [6, 6.07) is 49.1. The van der Waals surface area contributed by atoms with Crippen LogP contribution in [0.4, 0.5) is 11.6 Å². The maximum Gasteiger partial charge on any atom is 0.343 e. The molecule has 1 aliphatic carbocycles. The maximum absolute atomic E-state index is 13.5. The van der Waals surface area contributed by atoms with Gasteiger partial charge in [-0.25, -0.2) is 29.4 Å². The van der Waals surface area contributed by atoms with E-state index in [0.29, 0.717) is 0 Å². The molecule has 6 aromatic carbocycles. The molecule has 2 aromatic heterocycles. The standard InChI is InChI=1S/C53H30N4O8/c58-47-39-25-15-31(29-41(39)49(60)56(47)45-13-5-7-27-54-45)51(62)64-35-21-17-33(18-22-35)53(43-11-3-1-9-37(43)38-10-2-4-12-44(38)53)34-19-23-36(24-20-34)65-52(63)32-16-26-40-42(30-32)50(61)57(48(40)59)46-14-6-8-28-55-46/h1-30H. The molecule has 0 saturated carbocycles. The average Bonchev–Trinajstić information content (AvgIpc) is 3.90. The van der Waals surface area contributed by atoms with E-state index in [-0.39, 0.29) is 56.5 Å². The summed E-state index contributed by atoms with van der Waals surface area (Å²) < 4.78 is 11.7. The highest BCUT2D eigenvalue weighted by molar-refractivity contribution is 6.35. The molecule has 11 rings (SSSR count). The van der Waals surface area contributed by atoms with E-state index in [9.17, 15) is 28.8 Å². The van der Waals surface area contributed by atoms with Crippen molar-refractivity contribution in [3.05, 3.63) is 238 Å². The number of benzene rings is 6. The van der Waals surface area contributed by atoms with Gasteiger partial charge in [0.25, 0.3) is 23.6 Å². The minimum absolute atomic E-state index is 0.0812. The summed E-state index contributed by atoms with van der Waals surface area (Å²) in [5.41, 5.74) is 5.71. The molecule has 12 nitrogen and oxygen atoms in total. The second-order valence-electron chi connectivity index (χ2n) is 15.5. The minimum atomic E-state index is -0.850. The van der Waals surface area contributed by atoms with Crippen LogP contribution in [0.2, 0.25) is 0 Å². The topological polar surface area (TPSA) is 153 Å². The highest BCUT2D eigenvalue weighted by Gasteiger charge is 2.46. The molecular formula is C53H30N4O8. The van der Waals surface area contributed by atoms with Gasteiger partial charge in [0, 0.05) is 12.4 Å². The fourth-order valence-electron chi connectivity index (χ4n) is 9.03. The molecule has 310 valence electrons. The van der Waals surface area contributed by atoms with Gasteiger partial charge in [0.1, 0.15) is 23.1 Å². The van der Waals surface area contributed by atoms with Crippen LogP contribution in [-0.4, -0.2) is 45.5 Å². The van der Waals surface area contributed by atoms with Crippen molar-refractivity contribution >= 4 is 47.2 Å². The van der Waals surface area contributed by atoms with Crippen LogP contribution in [0.3, 0.4) is 0 Å². The first-order valence-electron chi connectivity index (χ1n) is 20.4. The fourth-order valence-corrected chi connectivity index (χ4v) is 9.03. The average molecular weight is 851 g/mol. The van der Waals surface area contributed by atoms with Gasteiger partial charge in [0.15, 0.2) is 0 Å². The molecule has 4 amide bonds. The zero-order chi connectivity index (χ0) is 44.4. The second-order valence-corrected chi connectivity index (χ2v) is 15.5. The number of imide groups is 2. The third-order valence-corrected chi connectivity index (χ3v) is 11.9. The first-order valence-corrected chi connectivity index (χ1v) is 20.4. The minimum Gasteiger partial charge on any atom is -0.423 e. The van der Waals surface area contributed by atoms with Gasteiger partial charge in [0.2, 0.25) is 0 Å². The lowest BCUT2D eigenvalue weighted by Gasteiger charge is -2.34. The van der Waals surface area contributed by atoms with E-state index in [4.69, 9.17) is 9.47 Å². The molecule has 0 N–H and O–H groups in total. The van der Waals surface area contributed by atoms with Gasteiger partial charge in [0.05, 0.1) is 38.8 Å². The van der Waals surface area contributed by atoms with Gasteiger partial charge in [-0.2, -0.15) is 0 Å². The smallest absolute Gasteiger partial charge is 0.343 e. The van der Waals surface area contributed by atoms with E-state index in [0.717, 1.165) is 43.2 Å². The molecule has 0 spiro atoms. The largest absolute Gasteiger partial charge is 0.423 e. The maximum atomic E-state index is 13.5. The van der Waals surface area contributed by atoms with Crippen LogP contribution in [0.25, 0.3) is 11.1 Å². The Morgan fingerprint density at radius 1 is 0.400 bits per heavy atom. The summed E-state index contributed by atoms with van der Waals surface area (Å²) in [7, 11) is 0. The number of fused-ring (bicyclic) bond motifs is 5. The molecule has 65 heavy (non-hydrogen) atoms. The number of hydrogen-bond donors (Lipinski definition) is 0. The van der Waals surface area contributed by atoms with E-state index in [1.807, 2.05) is 48.5 Å². The monoisotopic (exact) mass is 850 g/mol. The summed E-state index contributed by atoms with van der Waals surface area (Å²) in [6.45, 7) is 0. The number of hydrogen-bond acceptors (Lipinski definition) is 10. The van der Waals surface area contributed by atoms with Crippen LogP contribution in [0.1, 0.15) is 84.4 Å². The highest BCUT2D eigenvalue weighted by atomic mass is 16.5. The second kappa shape index (κ2) is 15.0. The first kappa shape index (κ1) is 38.7. The number of ether oxygens (including phenoxy) is 2. The molecule has 0 atom stereocenters. The van der Waals surface area contributed by atoms with Crippen LogP contribution >= 0.6 is 0 Å². The SMILES string of the molecule is O=C(Oc1ccc(C2(c3ccc(OC(=O)c4ccc5c(c4)C(=O)N(c4ccccn4)C5=O)cc3)c3ccccc3-c3ccccc32)cc1)c1ccc2c(c1)C(=O)N(c1ccccn1)C2=O. The molecule has 4 heterocycles. The van der Waals surface area contributed by atoms with Crippen LogP contribution < -0.4 is 19.3 Å². The summed E-state index contributed by atoms with van der Waals surface area (Å²) in [6.07, 6.45) is 2.98. The molecule has 8 aromatic rings. The van der Waals surface area contributed by atoms with Crippen molar-refractivity contribution < 1.29 is 38.2 Å².